The molecule has 0 radical (unpaired) electrons. The Balaban J connectivity index is 1.99. The van der Waals surface area contributed by atoms with Crippen molar-refractivity contribution in [3.05, 3.63) is 28.7 Å². The second-order valence-corrected chi connectivity index (χ2v) is 6.31. The maximum atomic E-state index is 5.94. The Morgan fingerprint density at radius 1 is 1.35 bits per heavy atom. The number of nitrogens with two attached hydrogens (primary N) is 1. The Labute approximate surface area is 112 Å². The molecule has 0 bridgehead atoms. The predicted molar refractivity (Wildman–Crippen MR) is 77.2 cm³/mol. The van der Waals surface area contributed by atoms with E-state index in [4.69, 9.17) is 5.73 Å². The zero-order chi connectivity index (χ0) is 12.3. The first-order chi connectivity index (χ1) is 8.11. The monoisotopic (exact) mass is 296 g/mol. The molecular formula is C14H21BrN2. The summed E-state index contributed by atoms with van der Waals surface area (Å²) in [4.78, 5) is 0. The van der Waals surface area contributed by atoms with Crippen LogP contribution in [0, 0.1) is 5.92 Å². The third-order valence-electron chi connectivity index (χ3n) is 3.70. The van der Waals surface area contributed by atoms with E-state index in [-0.39, 0.29) is 5.54 Å². The summed E-state index contributed by atoms with van der Waals surface area (Å²) in [6.45, 7) is 2.91. The highest BCUT2D eigenvalue weighted by Gasteiger charge is 2.29. The van der Waals surface area contributed by atoms with Crippen LogP contribution < -0.4 is 11.1 Å². The summed E-state index contributed by atoms with van der Waals surface area (Å²) in [7, 11) is 0. The van der Waals surface area contributed by atoms with Gasteiger partial charge in [0, 0.05) is 22.2 Å². The highest BCUT2D eigenvalue weighted by molar-refractivity contribution is 9.10. The molecule has 1 fully saturated rings. The molecule has 94 valence electrons. The summed E-state index contributed by atoms with van der Waals surface area (Å²) in [5.41, 5.74) is 7.12. The van der Waals surface area contributed by atoms with Crippen molar-refractivity contribution in [2.24, 2.45) is 11.7 Å². The lowest BCUT2D eigenvalue weighted by Crippen LogP contribution is -2.45. The van der Waals surface area contributed by atoms with Gasteiger partial charge in [0.1, 0.15) is 0 Å². The molecule has 1 aromatic carbocycles. The lowest BCUT2D eigenvalue weighted by Gasteiger charge is -2.37. The smallest absolute Gasteiger partial charge is 0.0470 e. The van der Waals surface area contributed by atoms with E-state index in [0.717, 1.165) is 16.1 Å². The van der Waals surface area contributed by atoms with Crippen LogP contribution in [-0.2, 0) is 0 Å². The fraction of sp³-hybridized carbons (Fsp3) is 0.571. The largest absolute Gasteiger partial charge is 0.379 e. The predicted octanol–water partition coefficient (Wildman–Crippen LogP) is 3.77. The minimum atomic E-state index is 0.0267. The summed E-state index contributed by atoms with van der Waals surface area (Å²) >= 11 is 3.45. The molecule has 0 amide bonds. The lowest BCUT2D eigenvalue weighted by molar-refractivity contribution is 0.248. The van der Waals surface area contributed by atoms with Gasteiger partial charge in [0.05, 0.1) is 0 Å². The van der Waals surface area contributed by atoms with Gasteiger partial charge in [0.2, 0.25) is 0 Å². The highest BCUT2D eigenvalue weighted by Crippen LogP contribution is 2.34. The second-order valence-electron chi connectivity index (χ2n) is 5.40. The van der Waals surface area contributed by atoms with Gasteiger partial charge in [-0.05, 0) is 43.5 Å². The van der Waals surface area contributed by atoms with Crippen molar-refractivity contribution in [3.8, 4) is 0 Å². The Kier molecular flexibility index (Phi) is 4.10. The fourth-order valence-electron chi connectivity index (χ4n) is 2.40. The molecule has 3 heteroatoms. The van der Waals surface area contributed by atoms with Crippen molar-refractivity contribution < 1.29 is 0 Å². The van der Waals surface area contributed by atoms with E-state index in [9.17, 15) is 0 Å². The molecule has 1 unspecified atom stereocenters. The molecule has 2 nitrogen and oxygen atoms in total. The van der Waals surface area contributed by atoms with E-state index in [2.05, 4.69) is 52.4 Å². The SMILES string of the molecule is CC(CN)(CC1CCC1)Nc1ccc(Br)cc1. The molecule has 0 saturated heterocycles. The molecule has 3 N–H and O–H groups in total. The van der Waals surface area contributed by atoms with E-state index < -0.39 is 0 Å². The Morgan fingerprint density at radius 2 is 2.00 bits per heavy atom. The summed E-state index contributed by atoms with van der Waals surface area (Å²) in [6, 6.07) is 8.31. The normalized spacial score (nSPS) is 19.5. The van der Waals surface area contributed by atoms with Gasteiger partial charge in [-0.2, -0.15) is 0 Å². The van der Waals surface area contributed by atoms with Crippen molar-refractivity contribution in [2.45, 2.75) is 38.1 Å². The average Bonchev–Trinajstić information content (AvgIpc) is 2.27. The number of benzene rings is 1. The van der Waals surface area contributed by atoms with Crippen LogP contribution in [-0.4, -0.2) is 12.1 Å². The van der Waals surface area contributed by atoms with Crippen molar-refractivity contribution >= 4 is 21.6 Å². The summed E-state index contributed by atoms with van der Waals surface area (Å²) in [6.07, 6.45) is 5.32. The maximum Gasteiger partial charge on any atom is 0.0470 e. The molecule has 1 aliphatic carbocycles. The van der Waals surface area contributed by atoms with Crippen molar-refractivity contribution in [1.29, 1.82) is 0 Å². The first kappa shape index (κ1) is 12.9. The van der Waals surface area contributed by atoms with Gasteiger partial charge in [-0.15, -0.1) is 0 Å². The number of nitrogens with one attached hydrogen (secondary N) is 1. The molecule has 1 atom stereocenters. The Hall–Kier alpha value is -0.540. The van der Waals surface area contributed by atoms with Crippen LogP contribution in [0.3, 0.4) is 0 Å². The summed E-state index contributed by atoms with van der Waals surface area (Å²) in [5, 5.41) is 3.59. The number of hydrogen-bond acceptors (Lipinski definition) is 2. The number of hydrogen-bond donors (Lipinski definition) is 2. The van der Waals surface area contributed by atoms with Crippen LogP contribution in [0.15, 0.2) is 28.7 Å². The van der Waals surface area contributed by atoms with Crippen LogP contribution in [0.4, 0.5) is 5.69 Å². The third kappa shape index (κ3) is 3.46. The number of halogens is 1. The Morgan fingerprint density at radius 3 is 2.47 bits per heavy atom. The van der Waals surface area contributed by atoms with E-state index >= 15 is 0 Å². The van der Waals surface area contributed by atoms with Crippen molar-refractivity contribution in [2.75, 3.05) is 11.9 Å². The van der Waals surface area contributed by atoms with Gasteiger partial charge in [0.25, 0.3) is 0 Å². The molecule has 1 aliphatic rings. The first-order valence-electron chi connectivity index (χ1n) is 6.35. The minimum Gasteiger partial charge on any atom is -0.379 e. The van der Waals surface area contributed by atoms with Crippen LogP contribution in [0.25, 0.3) is 0 Å². The van der Waals surface area contributed by atoms with Crippen LogP contribution in [0.1, 0.15) is 32.6 Å². The van der Waals surface area contributed by atoms with Crippen LogP contribution in [0.2, 0.25) is 0 Å². The van der Waals surface area contributed by atoms with E-state index in [1.54, 1.807) is 0 Å². The van der Waals surface area contributed by atoms with Gasteiger partial charge < -0.3 is 11.1 Å². The van der Waals surface area contributed by atoms with E-state index in [0.29, 0.717) is 6.54 Å². The molecule has 0 aromatic heterocycles. The summed E-state index contributed by atoms with van der Waals surface area (Å²) in [5.74, 6) is 0.867. The molecule has 1 saturated carbocycles. The average molecular weight is 297 g/mol. The van der Waals surface area contributed by atoms with Crippen molar-refractivity contribution in [3.63, 3.8) is 0 Å². The van der Waals surface area contributed by atoms with Crippen LogP contribution in [0.5, 0.6) is 0 Å². The quantitative estimate of drug-likeness (QED) is 0.868. The zero-order valence-corrected chi connectivity index (χ0v) is 12.0. The van der Waals surface area contributed by atoms with Gasteiger partial charge in [-0.3, -0.25) is 0 Å². The molecule has 2 rings (SSSR count). The topological polar surface area (TPSA) is 38.0 Å². The lowest BCUT2D eigenvalue weighted by atomic mass is 9.76. The second kappa shape index (κ2) is 5.40. The third-order valence-corrected chi connectivity index (χ3v) is 4.23. The standard InChI is InChI=1S/C14H21BrN2/c1-14(10-16,9-11-3-2-4-11)17-13-7-5-12(15)6-8-13/h5-8,11,17H,2-4,9-10,16H2,1H3. The fourth-order valence-corrected chi connectivity index (χ4v) is 2.67. The van der Waals surface area contributed by atoms with Gasteiger partial charge in [-0.1, -0.05) is 35.2 Å². The number of anilines is 1. The molecule has 1 aromatic rings. The molecule has 0 spiro atoms. The molecular weight excluding hydrogens is 276 g/mol. The maximum absolute atomic E-state index is 5.94. The molecule has 17 heavy (non-hydrogen) atoms. The Bertz CT molecular complexity index is 359. The number of rotatable bonds is 5. The highest BCUT2D eigenvalue weighted by atomic mass is 79.9. The van der Waals surface area contributed by atoms with E-state index in [1.165, 1.54) is 25.7 Å². The minimum absolute atomic E-state index is 0.0267. The molecule has 0 aliphatic heterocycles. The summed E-state index contributed by atoms with van der Waals surface area (Å²) < 4.78 is 1.11. The van der Waals surface area contributed by atoms with Crippen molar-refractivity contribution in [1.82, 2.24) is 0 Å². The van der Waals surface area contributed by atoms with Gasteiger partial charge >= 0.3 is 0 Å². The first-order valence-corrected chi connectivity index (χ1v) is 7.14. The zero-order valence-electron chi connectivity index (χ0n) is 10.4. The van der Waals surface area contributed by atoms with Crippen LogP contribution >= 0.6 is 15.9 Å². The molecule has 0 heterocycles. The van der Waals surface area contributed by atoms with Gasteiger partial charge in [0.15, 0.2) is 0 Å². The van der Waals surface area contributed by atoms with Gasteiger partial charge in [-0.25, -0.2) is 0 Å². The van der Waals surface area contributed by atoms with E-state index in [1.807, 2.05) is 0 Å².